The van der Waals surface area contributed by atoms with Crippen LogP contribution in [0.5, 0.6) is 0 Å². The molecule has 1 aliphatic heterocycles. The number of rotatable bonds is 1. The summed E-state index contributed by atoms with van der Waals surface area (Å²) in [6.07, 6.45) is 3.54. The first-order chi connectivity index (χ1) is 8.68. The molecule has 5 heteroatoms. The summed E-state index contributed by atoms with van der Waals surface area (Å²) in [5, 5.41) is 3.33. The van der Waals surface area contributed by atoms with Crippen LogP contribution in [-0.2, 0) is 0 Å². The van der Waals surface area contributed by atoms with Gasteiger partial charge in [-0.25, -0.2) is 0 Å². The first-order valence-electron chi connectivity index (χ1n) is 6.03. The third kappa shape index (κ3) is 3.29. The van der Waals surface area contributed by atoms with Crippen molar-refractivity contribution in [3.05, 3.63) is 34.3 Å². The molecule has 0 radical (unpaired) electrons. The van der Waals surface area contributed by atoms with E-state index in [1.54, 1.807) is 6.07 Å². The second-order valence-electron chi connectivity index (χ2n) is 4.29. The molecule has 2 rings (SSSR count). The molecule has 1 aliphatic rings. The van der Waals surface area contributed by atoms with Gasteiger partial charge in [0.1, 0.15) is 0 Å². The number of carbonyl (C=O) groups excluding carboxylic acids is 1. The minimum Gasteiger partial charge on any atom is -0.349 e. The summed E-state index contributed by atoms with van der Waals surface area (Å²) >= 11 is 8.64. The maximum atomic E-state index is 12.1. The van der Waals surface area contributed by atoms with Crippen LogP contribution < -0.4 is 5.32 Å². The van der Waals surface area contributed by atoms with E-state index in [2.05, 4.69) is 26.1 Å². The second kappa shape index (κ2) is 6.29. The van der Waals surface area contributed by atoms with Gasteiger partial charge in [0.2, 0.25) is 0 Å². The average Bonchev–Trinajstić information content (AvgIpc) is 2.40. The highest BCUT2D eigenvalue weighted by molar-refractivity contribution is 9.10. The van der Waals surface area contributed by atoms with E-state index in [9.17, 15) is 4.79 Å². The number of carbonyl (C=O) groups is 1. The Morgan fingerprint density at radius 3 is 2.56 bits per heavy atom. The molecule has 0 spiro atoms. The van der Waals surface area contributed by atoms with Gasteiger partial charge in [-0.3, -0.25) is 10.1 Å². The highest BCUT2D eigenvalue weighted by Gasteiger charge is 2.17. The number of amides is 1. The standard InChI is InChI=1S/C13H15BrN2OS/c14-11-7-3-2-6-10(11)12(17)15-13(18)16-8-4-1-5-9-16/h2-3,6-7H,1,4-5,8-9H2,(H,15,17,18). The summed E-state index contributed by atoms with van der Waals surface area (Å²) in [6.45, 7) is 1.88. The van der Waals surface area contributed by atoms with Crippen molar-refractivity contribution in [1.29, 1.82) is 0 Å². The van der Waals surface area contributed by atoms with E-state index in [-0.39, 0.29) is 5.91 Å². The van der Waals surface area contributed by atoms with Crippen molar-refractivity contribution in [2.75, 3.05) is 13.1 Å². The highest BCUT2D eigenvalue weighted by atomic mass is 79.9. The summed E-state index contributed by atoms with van der Waals surface area (Å²) in [6, 6.07) is 7.34. The minimum absolute atomic E-state index is 0.155. The summed E-state index contributed by atoms with van der Waals surface area (Å²) in [7, 11) is 0. The molecular formula is C13H15BrN2OS. The average molecular weight is 327 g/mol. The molecule has 96 valence electrons. The Hall–Kier alpha value is -0.940. The van der Waals surface area contributed by atoms with Gasteiger partial charge in [0, 0.05) is 17.6 Å². The Morgan fingerprint density at radius 2 is 1.89 bits per heavy atom. The fraction of sp³-hybridized carbons (Fsp3) is 0.385. The number of halogens is 1. The number of thiocarbonyl (C=S) groups is 1. The Balaban J connectivity index is 1.99. The summed E-state index contributed by atoms with van der Waals surface area (Å²) in [5.74, 6) is -0.155. The first-order valence-corrected chi connectivity index (χ1v) is 7.23. The van der Waals surface area contributed by atoms with Gasteiger partial charge < -0.3 is 4.90 Å². The summed E-state index contributed by atoms with van der Waals surface area (Å²) in [4.78, 5) is 14.1. The Labute approximate surface area is 121 Å². The molecule has 1 fully saturated rings. The van der Waals surface area contributed by atoms with E-state index < -0.39 is 0 Å². The van der Waals surface area contributed by atoms with Crippen LogP contribution in [0.15, 0.2) is 28.7 Å². The van der Waals surface area contributed by atoms with Crippen LogP contribution in [0.3, 0.4) is 0 Å². The summed E-state index contributed by atoms with van der Waals surface area (Å²) in [5.41, 5.74) is 0.608. The van der Waals surface area contributed by atoms with Crippen LogP contribution in [0.25, 0.3) is 0 Å². The number of nitrogens with zero attached hydrogens (tertiary/aromatic N) is 1. The van der Waals surface area contributed by atoms with E-state index in [4.69, 9.17) is 12.2 Å². The van der Waals surface area contributed by atoms with Crippen LogP contribution in [-0.4, -0.2) is 29.0 Å². The number of nitrogens with one attached hydrogen (secondary N) is 1. The van der Waals surface area contributed by atoms with Gasteiger partial charge in [-0.05, 0) is 59.5 Å². The molecule has 3 nitrogen and oxygen atoms in total. The molecule has 0 unspecified atom stereocenters. The second-order valence-corrected chi connectivity index (χ2v) is 5.53. The van der Waals surface area contributed by atoms with Gasteiger partial charge in [0.25, 0.3) is 5.91 Å². The zero-order valence-corrected chi connectivity index (χ0v) is 12.4. The Kier molecular flexibility index (Phi) is 4.72. The fourth-order valence-electron chi connectivity index (χ4n) is 1.99. The molecule has 1 saturated heterocycles. The maximum absolute atomic E-state index is 12.1. The van der Waals surface area contributed by atoms with Crippen LogP contribution in [0.4, 0.5) is 0 Å². The quantitative estimate of drug-likeness (QED) is 0.805. The van der Waals surface area contributed by atoms with Crippen LogP contribution >= 0.6 is 28.1 Å². The molecule has 1 heterocycles. The normalized spacial score (nSPS) is 15.3. The lowest BCUT2D eigenvalue weighted by Gasteiger charge is -2.28. The predicted octanol–water partition coefficient (Wildman–Crippen LogP) is 2.95. The minimum atomic E-state index is -0.155. The van der Waals surface area contributed by atoms with Crippen LogP contribution in [0.1, 0.15) is 29.6 Å². The lowest BCUT2D eigenvalue weighted by molar-refractivity contribution is 0.0972. The van der Waals surface area contributed by atoms with Crippen molar-refractivity contribution in [3.63, 3.8) is 0 Å². The Morgan fingerprint density at radius 1 is 1.22 bits per heavy atom. The largest absolute Gasteiger partial charge is 0.349 e. The number of hydrogen-bond acceptors (Lipinski definition) is 2. The van der Waals surface area contributed by atoms with Gasteiger partial charge >= 0.3 is 0 Å². The van der Waals surface area contributed by atoms with Gasteiger partial charge in [-0.15, -0.1) is 0 Å². The van der Waals surface area contributed by atoms with Gasteiger partial charge in [-0.1, -0.05) is 12.1 Å². The van der Waals surface area contributed by atoms with E-state index in [1.807, 2.05) is 18.2 Å². The van der Waals surface area contributed by atoms with Gasteiger partial charge in [0.05, 0.1) is 5.56 Å². The zero-order valence-electron chi connectivity index (χ0n) is 9.99. The molecule has 1 N–H and O–H groups in total. The summed E-state index contributed by atoms with van der Waals surface area (Å²) < 4.78 is 0.781. The van der Waals surface area contributed by atoms with Crippen molar-refractivity contribution in [3.8, 4) is 0 Å². The SMILES string of the molecule is O=C(NC(=S)N1CCCCC1)c1ccccc1Br. The third-order valence-corrected chi connectivity index (χ3v) is 4.03. The van der Waals surface area contributed by atoms with Crippen molar-refractivity contribution < 1.29 is 4.79 Å². The molecule has 0 aromatic heterocycles. The number of likely N-dealkylation sites (tertiary alicyclic amines) is 1. The molecule has 0 aliphatic carbocycles. The highest BCUT2D eigenvalue weighted by Crippen LogP contribution is 2.16. The fourth-order valence-corrected chi connectivity index (χ4v) is 2.73. The molecule has 18 heavy (non-hydrogen) atoms. The van der Waals surface area contributed by atoms with E-state index >= 15 is 0 Å². The van der Waals surface area contributed by atoms with Crippen molar-refractivity contribution in [1.82, 2.24) is 10.2 Å². The molecular weight excluding hydrogens is 312 g/mol. The topological polar surface area (TPSA) is 32.3 Å². The smallest absolute Gasteiger partial charge is 0.258 e. The molecule has 1 amide bonds. The first kappa shape index (κ1) is 13.5. The van der Waals surface area contributed by atoms with E-state index in [0.29, 0.717) is 10.7 Å². The van der Waals surface area contributed by atoms with Crippen molar-refractivity contribution >= 4 is 39.2 Å². The van der Waals surface area contributed by atoms with Crippen LogP contribution in [0.2, 0.25) is 0 Å². The molecule has 0 bridgehead atoms. The molecule has 0 saturated carbocycles. The van der Waals surface area contributed by atoms with E-state index in [0.717, 1.165) is 30.4 Å². The Bertz CT molecular complexity index is 458. The number of hydrogen-bond donors (Lipinski definition) is 1. The number of piperidine rings is 1. The van der Waals surface area contributed by atoms with E-state index in [1.165, 1.54) is 6.42 Å². The number of benzene rings is 1. The predicted molar refractivity (Wildman–Crippen MR) is 79.6 cm³/mol. The lowest BCUT2D eigenvalue weighted by atomic mass is 10.1. The molecule has 1 aromatic carbocycles. The van der Waals surface area contributed by atoms with Crippen molar-refractivity contribution in [2.24, 2.45) is 0 Å². The van der Waals surface area contributed by atoms with Crippen LogP contribution in [0, 0.1) is 0 Å². The molecule has 1 aromatic rings. The van der Waals surface area contributed by atoms with Gasteiger partial charge in [0.15, 0.2) is 5.11 Å². The monoisotopic (exact) mass is 326 g/mol. The molecule has 0 atom stereocenters. The zero-order chi connectivity index (χ0) is 13.0. The third-order valence-electron chi connectivity index (χ3n) is 2.98. The van der Waals surface area contributed by atoms with Crippen molar-refractivity contribution in [2.45, 2.75) is 19.3 Å². The lowest BCUT2D eigenvalue weighted by Crippen LogP contribution is -2.45. The maximum Gasteiger partial charge on any atom is 0.258 e. The van der Waals surface area contributed by atoms with Gasteiger partial charge in [-0.2, -0.15) is 0 Å².